The van der Waals surface area contributed by atoms with Gasteiger partial charge in [-0.25, -0.2) is 4.98 Å². The van der Waals surface area contributed by atoms with Crippen molar-refractivity contribution in [3.8, 4) is 11.6 Å². The molecule has 5 nitrogen and oxygen atoms in total. The van der Waals surface area contributed by atoms with Gasteiger partial charge in [0.1, 0.15) is 5.69 Å². The zero-order valence-electron chi connectivity index (χ0n) is 7.06. The van der Waals surface area contributed by atoms with Crippen molar-refractivity contribution in [3.63, 3.8) is 0 Å². The normalized spacial score (nSPS) is 10.2. The van der Waals surface area contributed by atoms with Gasteiger partial charge in [-0.15, -0.1) is 10.2 Å². The molecule has 0 aromatic carbocycles. The molecule has 0 radical (unpaired) electrons. The summed E-state index contributed by atoms with van der Waals surface area (Å²) in [7, 11) is 0. The molecule has 2 N–H and O–H groups in total. The summed E-state index contributed by atoms with van der Waals surface area (Å²) in [5, 5.41) is 7.52. The molecule has 0 saturated heterocycles. The fourth-order valence-corrected chi connectivity index (χ4v) is 0.932. The summed E-state index contributed by atoms with van der Waals surface area (Å²) in [6.07, 6.45) is 1.55. The first kappa shape index (κ1) is 7.72. The average molecular weight is 176 g/mol. The molecule has 0 amide bonds. The highest BCUT2D eigenvalue weighted by molar-refractivity contribution is 5.49. The maximum Gasteiger partial charge on any atom is 0.266 e. The second-order valence-corrected chi connectivity index (χ2v) is 2.60. The van der Waals surface area contributed by atoms with Crippen LogP contribution in [0.1, 0.15) is 5.89 Å². The number of nitrogens with two attached hydrogens (primary N) is 1. The zero-order valence-corrected chi connectivity index (χ0v) is 7.06. The van der Waals surface area contributed by atoms with E-state index in [2.05, 4.69) is 15.2 Å². The third kappa shape index (κ3) is 1.48. The van der Waals surface area contributed by atoms with Gasteiger partial charge >= 0.3 is 0 Å². The van der Waals surface area contributed by atoms with Crippen molar-refractivity contribution in [2.75, 3.05) is 5.73 Å². The monoisotopic (exact) mass is 176 g/mol. The van der Waals surface area contributed by atoms with Gasteiger partial charge in [0.2, 0.25) is 5.89 Å². The molecule has 13 heavy (non-hydrogen) atoms. The molecule has 2 heterocycles. The van der Waals surface area contributed by atoms with Crippen LogP contribution in [0.15, 0.2) is 22.7 Å². The minimum Gasteiger partial charge on any atom is -0.420 e. The van der Waals surface area contributed by atoms with Crippen LogP contribution in [0.3, 0.4) is 0 Å². The van der Waals surface area contributed by atoms with E-state index in [1.165, 1.54) is 0 Å². The fraction of sp³-hybridized carbons (Fsp3) is 0.125. The molecule has 2 aromatic heterocycles. The van der Waals surface area contributed by atoms with Crippen LogP contribution in [0.2, 0.25) is 0 Å². The van der Waals surface area contributed by atoms with Crippen LogP contribution < -0.4 is 5.73 Å². The van der Waals surface area contributed by atoms with Gasteiger partial charge in [-0.05, 0) is 12.1 Å². The zero-order chi connectivity index (χ0) is 9.26. The minimum atomic E-state index is 0.414. The maximum atomic E-state index is 5.48. The van der Waals surface area contributed by atoms with Crippen LogP contribution in [-0.4, -0.2) is 15.2 Å². The Kier molecular flexibility index (Phi) is 1.70. The number of aromatic nitrogens is 3. The van der Waals surface area contributed by atoms with Gasteiger partial charge in [0, 0.05) is 6.92 Å². The molecule has 0 aliphatic carbocycles. The van der Waals surface area contributed by atoms with E-state index < -0.39 is 0 Å². The smallest absolute Gasteiger partial charge is 0.266 e. The van der Waals surface area contributed by atoms with Crippen molar-refractivity contribution in [2.24, 2.45) is 0 Å². The minimum absolute atomic E-state index is 0.414. The van der Waals surface area contributed by atoms with Gasteiger partial charge in [-0.2, -0.15) is 0 Å². The van der Waals surface area contributed by atoms with Crippen molar-refractivity contribution in [2.45, 2.75) is 6.92 Å². The van der Waals surface area contributed by atoms with E-state index in [0.29, 0.717) is 23.2 Å². The highest BCUT2D eigenvalue weighted by Gasteiger charge is 2.05. The molecule has 5 heteroatoms. The van der Waals surface area contributed by atoms with E-state index in [1.54, 1.807) is 25.3 Å². The number of rotatable bonds is 1. The summed E-state index contributed by atoms with van der Waals surface area (Å²) in [4.78, 5) is 4.04. The summed E-state index contributed by atoms with van der Waals surface area (Å²) < 4.78 is 5.18. The molecule has 0 atom stereocenters. The lowest BCUT2D eigenvalue weighted by atomic mass is 10.3. The molecular formula is C8H8N4O. The van der Waals surface area contributed by atoms with Crippen LogP contribution in [0.5, 0.6) is 0 Å². The molecule has 0 saturated carbocycles. The number of nitrogens with zero attached hydrogens (tertiary/aromatic N) is 3. The van der Waals surface area contributed by atoms with Crippen LogP contribution in [-0.2, 0) is 0 Å². The van der Waals surface area contributed by atoms with Crippen molar-refractivity contribution in [1.82, 2.24) is 15.2 Å². The highest BCUT2D eigenvalue weighted by Crippen LogP contribution is 2.15. The number of hydrogen-bond acceptors (Lipinski definition) is 5. The molecular weight excluding hydrogens is 168 g/mol. The van der Waals surface area contributed by atoms with Crippen molar-refractivity contribution in [3.05, 3.63) is 24.2 Å². The summed E-state index contributed by atoms with van der Waals surface area (Å²) in [6, 6.07) is 3.48. The van der Waals surface area contributed by atoms with Gasteiger partial charge in [-0.3, -0.25) is 0 Å². The molecule has 2 aromatic rings. The van der Waals surface area contributed by atoms with E-state index in [9.17, 15) is 0 Å². The van der Waals surface area contributed by atoms with E-state index in [4.69, 9.17) is 10.2 Å². The van der Waals surface area contributed by atoms with Gasteiger partial charge in [0.25, 0.3) is 5.89 Å². The van der Waals surface area contributed by atoms with Gasteiger partial charge in [0.15, 0.2) is 0 Å². The lowest BCUT2D eigenvalue weighted by molar-refractivity contribution is 0.531. The quantitative estimate of drug-likeness (QED) is 0.701. The first-order valence-electron chi connectivity index (χ1n) is 3.78. The largest absolute Gasteiger partial charge is 0.420 e. The molecule has 0 bridgehead atoms. The Hall–Kier alpha value is -1.91. The van der Waals surface area contributed by atoms with Crippen LogP contribution >= 0.6 is 0 Å². The summed E-state index contributed by atoms with van der Waals surface area (Å²) in [5.74, 6) is 0.936. The number of hydrogen-bond donors (Lipinski definition) is 1. The molecule has 0 aliphatic heterocycles. The molecule has 0 spiro atoms. The lowest BCUT2D eigenvalue weighted by Gasteiger charge is -1.93. The number of aryl methyl sites for hydroxylation is 1. The Morgan fingerprint density at radius 2 is 2.15 bits per heavy atom. The van der Waals surface area contributed by atoms with Gasteiger partial charge < -0.3 is 10.2 Å². The second kappa shape index (κ2) is 2.85. The molecule has 0 fully saturated rings. The third-order valence-corrected chi connectivity index (χ3v) is 1.53. The molecule has 66 valence electrons. The Labute approximate surface area is 74.6 Å². The van der Waals surface area contributed by atoms with E-state index in [1.807, 2.05) is 0 Å². The summed E-state index contributed by atoms with van der Waals surface area (Å²) in [5.41, 5.74) is 6.73. The Morgan fingerprint density at radius 3 is 2.69 bits per heavy atom. The van der Waals surface area contributed by atoms with Crippen LogP contribution in [0.25, 0.3) is 11.6 Å². The van der Waals surface area contributed by atoms with E-state index >= 15 is 0 Å². The number of pyridine rings is 1. The van der Waals surface area contributed by atoms with Crippen molar-refractivity contribution >= 4 is 5.69 Å². The number of nitrogen functional groups attached to an aromatic ring is 1. The fourth-order valence-electron chi connectivity index (χ4n) is 0.932. The average Bonchev–Trinajstić information content (AvgIpc) is 2.53. The Bertz CT molecular complexity index is 406. The lowest BCUT2D eigenvalue weighted by Crippen LogP contribution is -1.88. The SMILES string of the molecule is Cc1nnc(-c2ccc(N)cn2)o1. The standard InChI is InChI=1S/C8H8N4O/c1-5-11-12-8(13-5)7-3-2-6(9)4-10-7/h2-4H,9H2,1H3. The first-order valence-corrected chi connectivity index (χ1v) is 3.78. The number of anilines is 1. The topological polar surface area (TPSA) is 77.8 Å². The molecule has 0 unspecified atom stereocenters. The third-order valence-electron chi connectivity index (χ3n) is 1.53. The van der Waals surface area contributed by atoms with Gasteiger partial charge in [0.05, 0.1) is 11.9 Å². The van der Waals surface area contributed by atoms with Crippen molar-refractivity contribution in [1.29, 1.82) is 0 Å². The van der Waals surface area contributed by atoms with E-state index in [0.717, 1.165) is 0 Å². The molecule has 0 aliphatic rings. The van der Waals surface area contributed by atoms with Crippen LogP contribution in [0.4, 0.5) is 5.69 Å². The Balaban J connectivity index is 2.41. The first-order chi connectivity index (χ1) is 6.25. The van der Waals surface area contributed by atoms with Crippen molar-refractivity contribution < 1.29 is 4.42 Å². The second-order valence-electron chi connectivity index (χ2n) is 2.60. The summed E-state index contributed by atoms with van der Waals surface area (Å²) in [6.45, 7) is 1.73. The molecule has 2 rings (SSSR count). The predicted molar refractivity (Wildman–Crippen MR) is 46.7 cm³/mol. The maximum absolute atomic E-state index is 5.48. The van der Waals surface area contributed by atoms with E-state index in [-0.39, 0.29) is 0 Å². The Morgan fingerprint density at radius 1 is 1.31 bits per heavy atom. The summed E-state index contributed by atoms with van der Waals surface area (Å²) >= 11 is 0. The van der Waals surface area contributed by atoms with Crippen LogP contribution in [0, 0.1) is 6.92 Å². The predicted octanol–water partition coefficient (Wildman–Crippen LogP) is 1.02. The highest BCUT2D eigenvalue weighted by atomic mass is 16.4. The van der Waals surface area contributed by atoms with Gasteiger partial charge in [-0.1, -0.05) is 0 Å².